The van der Waals surface area contributed by atoms with Gasteiger partial charge in [0.05, 0.1) is 19.2 Å². The van der Waals surface area contributed by atoms with Crippen LogP contribution in [0.2, 0.25) is 0 Å². The Labute approximate surface area is 182 Å². The Morgan fingerprint density at radius 1 is 1.29 bits per heavy atom. The molecule has 8 heteroatoms. The Balaban J connectivity index is 1.69. The first-order valence-electron chi connectivity index (χ1n) is 11.2. The highest BCUT2D eigenvalue weighted by Crippen LogP contribution is 2.33. The Kier molecular flexibility index (Phi) is 6.77. The van der Waals surface area contributed by atoms with Crippen LogP contribution in [0.4, 0.5) is 0 Å². The van der Waals surface area contributed by atoms with Crippen LogP contribution < -0.4 is 5.56 Å². The molecule has 2 aromatic heterocycles. The monoisotopic (exact) mass is 424 g/mol. The predicted octanol–water partition coefficient (Wildman–Crippen LogP) is 3.37. The highest BCUT2D eigenvalue weighted by molar-refractivity contribution is 5.79. The molecule has 166 valence electrons. The van der Waals surface area contributed by atoms with Gasteiger partial charge in [0, 0.05) is 30.8 Å². The van der Waals surface area contributed by atoms with E-state index in [1.54, 1.807) is 7.11 Å². The average Bonchev–Trinajstić information content (AvgIpc) is 3.45. The summed E-state index contributed by atoms with van der Waals surface area (Å²) in [6.45, 7) is 5.95. The minimum Gasteiger partial charge on any atom is -0.383 e. The van der Waals surface area contributed by atoms with Gasteiger partial charge < -0.3 is 9.72 Å². The van der Waals surface area contributed by atoms with Gasteiger partial charge in [-0.2, -0.15) is 0 Å². The van der Waals surface area contributed by atoms with Crippen LogP contribution in [-0.2, 0) is 17.8 Å². The Morgan fingerprint density at radius 2 is 2.10 bits per heavy atom. The zero-order valence-corrected chi connectivity index (χ0v) is 18.7. The number of ether oxygens (including phenoxy) is 1. The molecule has 0 aliphatic heterocycles. The summed E-state index contributed by atoms with van der Waals surface area (Å²) >= 11 is 0. The Bertz CT molecular complexity index is 1070. The third kappa shape index (κ3) is 4.70. The fraction of sp³-hybridized carbons (Fsp3) is 0.565. The number of H-pyrrole nitrogens is 1. The lowest BCUT2D eigenvalue weighted by atomic mass is 10.0. The average molecular weight is 425 g/mol. The second-order valence-corrected chi connectivity index (χ2v) is 8.50. The second kappa shape index (κ2) is 9.70. The lowest BCUT2D eigenvalue weighted by Crippen LogP contribution is -2.39. The molecule has 0 bridgehead atoms. The molecule has 8 nitrogen and oxygen atoms in total. The number of rotatable bonds is 9. The molecule has 1 atom stereocenters. The normalized spacial score (nSPS) is 15.9. The first-order chi connectivity index (χ1) is 15.1. The number of pyridine rings is 1. The van der Waals surface area contributed by atoms with Gasteiger partial charge in [0.25, 0.3) is 5.56 Å². The molecule has 0 radical (unpaired) electrons. The zero-order valence-electron chi connectivity index (χ0n) is 18.7. The number of benzene rings is 1. The maximum atomic E-state index is 13.0. The third-order valence-electron chi connectivity index (χ3n) is 6.38. The van der Waals surface area contributed by atoms with Crippen LogP contribution in [0.25, 0.3) is 10.9 Å². The van der Waals surface area contributed by atoms with Crippen LogP contribution in [0.15, 0.2) is 29.1 Å². The summed E-state index contributed by atoms with van der Waals surface area (Å²) in [5.41, 5.74) is 2.79. The standard InChI is InChI=1S/C23H32N6O2/c1-4-21(22-25-26-27-29(22)11-12-31-3)28(19-7-5-6-8-19)15-18-14-17-10-9-16(2)13-20(17)24-23(18)30/h9-10,13-14,19,21H,4-8,11-12,15H2,1-3H3,(H,24,30)/t21-/m0/s1. The number of hydrogen-bond donors (Lipinski definition) is 1. The number of aromatic amines is 1. The van der Waals surface area contributed by atoms with Gasteiger partial charge in [-0.15, -0.1) is 5.10 Å². The maximum Gasteiger partial charge on any atom is 0.252 e. The predicted molar refractivity (Wildman–Crippen MR) is 120 cm³/mol. The molecule has 1 aromatic carbocycles. The molecule has 31 heavy (non-hydrogen) atoms. The van der Waals surface area contributed by atoms with E-state index in [0.29, 0.717) is 25.7 Å². The number of fused-ring (bicyclic) bond motifs is 1. The highest BCUT2D eigenvalue weighted by Gasteiger charge is 2.32. The third-order valence-corrected chi connectivity index (χ3v) is 6.38. The van der Waals surface area contributed by atoms with Crippen molar-refractivity contribution < 1.29 is 4.74 Å². The second-order valence-electron chi connectivity index (χ2n) is 8.50. The minimum absolute atomic E-state index is 0.0186. The van der Waals surface area contributed by atoms with Crippen molar-refractivity contribution in [1.82, 2.24) is 30.1 Å². The van der Waals surface area contributed by atoms with Gasteiger partial charge in [0.1, 0.15) is 0 Å². The van der Waals surface area contributed by atoms with Gasteiger partial charge in [-0.1, -0.05) is 31.9 Å². The molecule has 1 saturated carbocycles. The first kappa shape index (κ1) is 21.6. The lowest BCUT2D eigenvalue weighted by Gasteiger charge is -2.35. The van der Waals surface area contributed by atoms with E-state index in [2.05, 4.69) is 44.5 Å². The van der Waals surface area contributed by atoms with Gasteiger partial charge in [-0.3, -0.25) is 9.69 Å². The van der Waals surface area contributed by atoms with Crippen LogP contribution in [0, 0.1) is 6.92 Å². The number of aromatic nitrogens is 5. The molecule has 2 heterocycles. The van der Waals surface area contributed by atoms with Crippen molar-refractivity contribution in [2.45, 2.75) is 71.1 Å². The van der Waals surface area contributed by atoms with Crippen LogP contribution in [0.1, 0.15) is 62.0 Å². The van der Waals surface area contributed by atoms with Crippen LogP contribution in [-0.4, -0.2) is 49.8 Å². The maximum absolute atomic E-state index is 13.0. The van der Waals surface area contributed by atoms with Gasteiger partial charge in [-0.05, 0) is 59.7 Å². The molecule has 1 fully saturated rings. The molecular formula is C23H32N6O2. The van der Waals surface area contributed by atoms with Crippen molar-refractivity contribution >= 4 is 10.9 Å². The summed E-state index contributed by atoms with van der Waals surface area (Å²) in [6, 6.07) is 8.68. The van der Waals surface area contributed by atoms with Crippen molar-refractivity contribution in [3.63, 3.8) is 0 Å². The van der Waals surface area contributed by atoms with Crippen molar-refractivity contribution in [3.05, 3.63) is 51.6 Å². The van der Waals surface area contributed by atoms with Gasteiger partial charge in [0.2, 0.25) is 0 Å². The molecule has 4 rings (SSSR count). The van der Waals surface area contributed by atoms with Gasteiger partial charge in [-0.25, -0.2) is 4.68 Å². The fourth-order valence-corrected chi connectivity index (χ4v) is 4.76. The summed E-state index contributed by atoms with van der Waals surface area (Å²) in [5.74, 6) is 0.847. The van der Waals surface area contributed by atoms with E-state index >= 15 is 0 Å². The molecule has 1 aliphatic carbocycles. The molecule has 0 amide bonds. The molecular weight excluding hydrogens is 392 g/mol. The van der Waals surface area contributed by atoms with E-state index in [-0.39, 0.29) is 11.6 Å². The summed E-state index contributed by atoms with van der Waals surface area (Å²) < 4.78 is 7.07. The largest absolute Gasteiger partial charge is 0.383 e. The zero-order chi connectivity index (χ0) is 21.8. The summed E-state index contributed by atoms with van der Waals surface area (Å²) in [5, 5.41) is 13.6. The van der Waals surface area contributed by atoms with E-state index in [9.17, 15) is 4.79 Å². The lowest BCUT2D eigenvalue weighted by molar-refractivity contribution is 0.109. The van der Waals surface area contributed by atoms with E-state index in [4.69, 9.17) is 4.74 Å². The summed E-state index contributed by atoms with van der Waals surface area (Å²) in [4.78, 5) is 18.5. The number of tetrazole rings is 1. The van der Waals surface area contributed by atoms with Gasteiger partial charge in [0.15, 0.2) is 5.82 Å². The van der Waals surface area contributed by atoms with Crippen molar-refractivity contribution in [2.75, 3.05) is 13.7 Å². The quantitative estimate of drug-likeness (QED) is 0.567. The minimum atomic E-state index is -0.0186. The summed E-state index contributed by atoms with van der Waals surface area (Å²) in [6.07, 6.45) is 5.59. The van der Waals surface area contributed by atoms with Crippen LogP contribution in [0.5, 0.6) is 0 Å². The summed E-state index contributed by atoms with van der Waals surface area (Å²) in [7, 11) is 1.68. The first-order valence-corrected chi connectivity index (χ1v) is 11.2. The fourth-order valence-electron chi connectivity index (χ4n) is 4.76. The highest BCUT2D eigenvalue weighted by atomic mass is 16.5. The van der Waals surface area contributed by atoms with Crippen molar-refractivity contribution in [2.24, 2.45) is 0 Å². The molecule has 0 saturated heterocycles. The topological polar surface area (TPSA) is 88.9 Å². The smallest absolute Gasteiger partial charge is 0.252 e. The molecule has 1 N–H and O–H groups in total. The van der Waals surface area contributed by atoms with E-state index in [1.165, 1.54) is 12.8 Å². The van der Waals surface area contributed by atoms with E-state index < -0.39 is 0 Å². The number of hydrogen-bond acceptors (Lipinski definition) is 6. The van der Waals surface area contributed by atoms with Crippen molar-refractivity contribution in [3.8, 4) is 0 Å². The Morgan fingerprint density at radius 3 is 2.84 bits per heavy atom. The molecule has 0 spiro atoms. The number of nitrogens with one attached hydrogen (secondary N) is 1. The van der Waals surface area contributed by atoms with Crippen LogP contribution in [0.3, 0.4) is 0 Å². The molecule has 0 unspecified atom stereocenters. The number of nitrogens with zero attached hydrogens (tertiary/aromatic N) is 5. The number of aryl methyl sites for hydroxylation is 1. The molecule has 1 aliphatic rings. The van der Waals surface area contributed by atoms with Gasteiger partial charge >= 0.3 is 0 Å². The SMILES string of the molecule is CC[C@@H](c1nnnn1CCOC)N(Cc1cc2ccc(C)cc2[nH]c1=O)C1CCCC1. The Hall–Kier alpha value is -2.58. The van der Waals surface area contributed by atoms with Crippen molar-refractivity contribution in [1.29, 1.82) is 0 Å². The van der Waals surface area contributed by atoms with E-state index in [1.807, 2.05) is 23.7 Å². The van der Waals surface area contributed by atoms with Crippen LogP contribution >= 0.6 is 0 Å². The number of methoxy groups -OCH3 is 1. The van der Waals surface area contributed by atoms with E-state index in [0.717, 1.165) is 47.1 Å². The molecule has 3 aromatic rings.